The van der Waals surface area contributed by atoms with Crippen molar-refractivity contribution in [2.24, 2.45) is 23.0 Å². The summed E-state index contributed by atoms with van der Waals surface area (Å²) in [5, 5.41) is 0. The van der Waals surface area contributed by atoms with Gasteiger partial charge in [0.2, 0.25) is 0 Å². The predicted octanol–water partition coefficient (Wildman–Crippen LogP) is 4.13. The van der Waals surface area contributed by atoms with Gasteiger partial charge in [0, 0.05) is 6.42 Å². The van der Waals surface area contributed by atoms with Crippen LogP contribution in [0.5, 0.6) is 5.75 Å². The minimum absolute atomic E-state index is 0.400. The van der Waals surface area contributed by atoms with Gasteiger partial charge in [-0.05, 0) is 66.2 Å². The van der Waals surface area contributed by atoms with E-state index in [-0.39, 0.29) is 0 Å². The van der Waals surface area contributed by atoms with Gasteiger partial charge in [-0.3, -0.25) is 0 Å². The molecule has 2 aliphatic rings. The second kappa shape index (κ2) is 5.64. The van der Waals surface area contributed by atoms with E-state index in [2.05, 4.69) is 39.0 Å². The molecule has 1 aliphatic heterocycles. The smallest absolute Gasteiger partial charge is 0.122 e. The summed E-state index contributed by atoms with van der Waals surface area (Å²) in [6, 6.07) is 6.84. The summed E-state index contributed by atoms with van der Waals surface area (Å²) >= 11 is 0. The van der Waals surface area contributed by atoms with Crippen LogP contribution in [-0.4, -0.2) is 13.2 Å². The second-order valence-electron chi connectivity index (χ2n) is 7.94. The molecule has 1 aliphatic carbocycles. The molecule has 2 N–H and O–H groups in total. The lowest BCUT2D eigenvalue weighted by Crippen LogP contribution is -2.34. The summed E-state index contributed by atoms with van der Waals surface area (Å²) in [5.41, 5.74) is 9.35. The SMILES string of the molecule is CC(C)(C)C1CCC(CN)C(c2ccc3c(c2)CCO3)C1. The maximum Gasteiger partial charge on any atom is 0.122 e. The molecule has 3 atom stereocenters. The van der Waals surface area contributed by atoms with Crippen LogP contribution in [0, 0.1) is 17.3 Å². The Kier molecular flexibility index (Phi) is 4.00. The predicted molar refractivity (Wildman–Crippen MR) is 87.7 cm³/mol. The fourth-order valence-electron chi connectivity index (χ4n) is 4.15. The molecule has 2 heteroatoms. The van der Waals surface area contributed by atoms with E-state index in [1.54, 1.807) is 0 Å². The zero-order valence-electron chi connectivity index (χ0n) is 13.7. The van der Waals surface area contributed by atoms with Crippen molar-refractivity contribution in [3.05, 3.63) is 29.3 Å². The number of nitrogens with two attached hydrogens (primary N) is 1. The molecule has 21 heavy (non-hydrogen) atoms. The van der Waals surface area contributed by atoms with Gasteiger partial charge >= 0.3 is 0 Å². The lowest BCUT2D eigenvalue weighted by Gasteiger charge is -2.42. The zero-order chi connectivity index (χ0) is 15.0. The topological polar surface area (TPSA) is 35.2 Å². The Labute approximate surface area is 129 Å². The Balaban J connectivity index is 1.86. The van der Waals surface area contributed by atoms with Gasteiger partial charge in [0.25, 0.3) is 0 Å². The van der Waals surface area contributed by atoms with Crippen molar-refractivity contribution >= 4 is 0 Å². The quantitative estimate of drug-likeness (QED) is 0.887. The van der Waals surface area contributed by atoms with Crippen LogP contribution in [0.3, 0.4) is 0 Å². The molecule has 1 heterocycles. The highest BCUT2D eigenvalue weighted by Gasteiger charge is 2.36. The molecule has 0 radical (unpaired) electrons. The van der Waals surface area contributed by atoms with Gasteiger partial charge in [-0.2, -0.15) is 0 Å². The van der Waals surface area contributed by atoms with Gasteiger partial charge in [-0.25, -0.2) is 0 Å². The van der Waals surface area contributed by atoms with E-state index in [1.165, 1.54) is 30.4 Å². The lowest BCUT2D eigenvalue weighted by molar-refractivity contribution is 0.133. The van der Waals surface area contributed by atoms with Crippen LogP contribution in [0.1, 0.15) is 57.1 Å². The number of hydrogen-bond donors (Lipinski definition) is 1. The van der Waals surface area contributed by atoms with Gasteiger partial charge in [0.1, 0.15) is 5.75 Å². The van der Waals surface area contributed by atoms with Crippen LogP contribution in [-0.2, 0) is 6.42 Å². The Morgan fingerprint density at radius 1 is 1.24 bits per heavy atom. The number of hydrogen-bond acceptors (Lipinski definition) is 2. The summed E-state index contributed by atoms with van der Waals surface area (Å²) in [6.07, 6.45) is 4.95. The standard InChI is InChI=1S/C19H29NO/c1-19(2,3)16-6-4-15(12-20)17(11-16)13-5-7-18-14(10-13)8-9-21-18/h5,7,10,15-17H,4,6,8-9,11-12,20H2,1-3H3. The van der Waals surface area contributed by atoms with E-state index >= 15 is 0 Å². The Morgan fingerprint density at radius 2 is 2.05 bits per heavy atom. The summed E-state index contributed by atoms with van der Waals surface area (Å²) in [5.74, 6) is 3.16. The van der Waals surface area contributed by atoms with Crippen molar-refractivity contribution in [3.8, 4) is 5.75 Å². The highest BCUT2D eigenvalue weighted by atomic mass is 16.5. The third-order valence-corrected chi connectivity index (χ3v) is 5.66. The maximum atomic E-state index is 6.07. The average Bonchev–Trinajstić information content (AvgIpc) is 2.93. The molecule has 0 aromatic heterocycles. The highest BCUT2D eigenvalue weighted by Crippen LogP contribution is 2.47. The van der Waals surface area contributed by atoms with Gasteiger partial charge in [-0.1, -0.05) is 32.9 Å². The normalized spacial score (nSPS) is 29.0. The third kappa shape index (κ3) is 2.96. The van der Waals surface area contributed by atoms with Gasteiger partial charge in [-0.15, -0.1) is 0 Å². The van der Waals surface area contributed by atoms with Crippen LogP contribution in [0.4, 0.5) is 0 Å². The van der Waals surface area contributed by atoms with Gasteiger partial charge in [0.15, 0.2) is 0 Å². The minimum Gasteiger partial charge on any atom is -0.493 e. The van der Waals surface area contributed by atoms with E-state index in [0.717, 1.165) is 31.2 Å². The molecule has 0 spiro atoms. The van der Waals surface area contributed by atoms with E-state index in [1.807, 2.05) is 0 Å². The van der Waals surface area contributed by atoms with Crippen LogP contribution in [0.2, 0.25) is 0 Å². The molecule has 1 saturated carbocycles. The molecule has 0 saturated heterocycles. The molecule has 2 nitrogen and oxygen atoms in total. The largest absolute Gasteiger partial charge is 0.493 e. The maximum absolute atomic E-state index is 6.07. The molecule has 1 aromatic carbocycles. The fraction of sp³-hybridized carbons (Fsp3) is 0.684. The van der Waals surface area contributed by atoms with Crippen LogP contribution in [0.15, 0.2) is 18.2 Å². The Bertz CT molecular complexity index is 503. The first kappa shape index (κ1) is 14.9. The molecular formula is C19H29NO. The molecule has 3 unspecified atom stereocenters. The summed E-state index contributed by atoms with van der Waals surface area (Å²) in [4.78, 5) is 0. The first-order valence-electron chi connectivity index (χ1n) is 8.44. The molecule has 116 valence electrons. The third-order valence-electron chi connectivity index (χ3n) is 5.66. The molecule has 3 rings (SSSR count). The van der Waals surface area contributed by atoms with E-state index < -0.39 is 0 Å². The first-order valence-corrected chi connectivity index (χ1v) is 8.44. The highest BCUT2D eigenvalue weighted by molar-refractivity contribution is 5.41. The number of fused-ring (bicyclic) bond motifs is 1. The van der Waals surface area contributed by atoms with E-state index in [0.29, 0.717) is 17.3 Å². The average molecular weight is 287 g/mol. The van der Waals surface area contributed by atoms with Crippen molar-refractivity contribution in [3.63, 3.8) is 0 Å². The number of rotatable bonds is 2. The second-order valence-corrected chi connectivity index (χ2v) is 7.94. The van der Waals surface area contributed by atoms with E-state index in [9.17, 15) is 0 Å². The Morgan fingerprint density at radius 3 is 2.76 bits per heavy atom. The monoisotopic (exact) mass is 287 g/mol. The van der Waals surface area contributed by atoms with Crippen molar-refractivity contribution in [2.45, 2.75) is 52.4 Å². The van der Waals surface area contributed by atoms with Crippen LogP contribution in [0.25, 0.3) is 0 Å². The van der Waals surface area contributed by atoms with Crippen molar-refractivity contribution in [1.82, 2.24) is 0 Å². The van der Waals surface area contributed by atoms with E-state index in [4.69, 9.17) is 10.5 Å². The molecule has 0 amide bonds. The fourth-order valence-corrected chi connectivity index (χ4v) is 4.15. The van der Waals surface area contributed by atoms with Crippen LogP contribution >= 0.6 is 0 Å². The molecule has 0 bridgehead atoms. The summed E-state index contributed by atoms with van der Waals surface area (Å²) in [6.45, 7) is 8.81. The van der Waals surface area contributed by atoms with Gasteiger partial charge < -0.3 is 10.5 Å². The van der Waals surface area contributed by atoms with Gasteiger partial charge in [0.05, 0.1) is 6.61 Å². The van der Waals surface area contributed by atoms with Crippen LogP contribution < -0.4 is 10.5 Å². The van der Waals surface area contributed by atoms with Crippen molar-refractivity contribution in [2.75, 3.05) is 13.2 Å². The summed E-state index contributed by atoms with van der Waals surface area (Å²) in [7, 11) is 0. The van der Waals surface area contributed by atoms with Crippen molar-refractivity contribution < 1.29 is 4.74 Å². The van der Waals surface area contributed by atoms with Crippen molar-refractivity contribution in [1.29, 1.82) is 0 Å². The molecule has 1 aromatic rings. The zero-order valence-corrected chi connectivity index (χ0v) is 13.7. The number of benzene rings is 1. The molecular weight excluding hydrogens is 258 g/mol. The minimum atomic E-state index is 0.400. The lowest BCUT2D eigenvalue weighted by atomic mass is 9.64. The first-order chi connectivity index (χ1) is 9.99. The number of ether oxygens (including phenoxy) is 1. The summed E-state index contributed by atoms with van der Waals surface area (Å²) < 4.78 is 5.64. The Hall–Kier alpha value is -1.02. The molecule has 1 fully saturated rings.